The van der Waals surface area contributed by atoms with Gasteiger partial charge in [-0.2, -0.15) is 0 Å². The molecule has 0 bridgehead atoms. The van der Waals surface area contributed by atoms with Crippen LogP contribution in [0.2, 0.25) is 0 Å². The minimum atomic E-state index is -2.19. The van der Waals surface area contributed by atoms with Crippen LogP contribution >= 0.6 is 0 Å². The minimum absolute atomic E-state index is 0.0498. The highest BCUT2D eigenvalue weighted by Crippen LogP contribution is 2.61. The van der Waals surface area contributed by atoms with Crippen molar-refractivity contribution in [1.29, 1.82) is 0 Å². The number of rotatable bonds is 4. The summed E-state index contributed by atoms with van der Waals surface area (Å²) in [7, 11) is 0. The highest BCUT2D eigenvalue weighted by atomic mass is 19.2. The van der Waals surface area contributed by atoms with Crippen LogP contribution in [0.1, 0.15) is 0 Å². The molecule has 0 N–H and O–H groups in total. The third-order valence-electron chi connectivity index (χ3n) is 8.59. The second kappa shape index (κ2) is 10.3. The quantitative estimate of drug-likeness (QED) is 0.108. The van der Waals surface area contributed by atoms with Crippen molar-refractivity contribution >= 4 is 10.8 Å². The Morgan fingerprint density at radius 2 is 0.622 bits per heavy atom. The van der Waals surface area contributed by atoms with E-state index in [0.29, 0.717) is 33.4 Å². The zero-order valence-electron chi connectivity index (χ0n) is 23.5. The van der Waals surface area contributed by atoms with Gasteiger partial charge >= 0.3 is 0 Å². The third kappa shape index (κ3) is 3.90. The van der Waals surface area contributed by atoms with Crippen LogP contribution in [0.4, 0.5) is 22.0 Å². The number of hydrogen-bond donors (Lipinski definition) is 0. The molecule has 0 aromatic heterocycles. The Morgan fingerprint density at radius 1 is 0.267 bits per heavy atom. The summed E-state index contributed by atoms with van der Waals surface area (Å²) >= 11 is 0. The lowest BCUT2D eigenvalue weighted by Crippen LogP contribution is -2.07. The first-order valence-electron chi connectivity index (χ1n) is 14.4. The Labute approximate surface area is 255 Å². The van der Waals surface area contributed by atoms with Gasteiger partial charge in [-0.15, -0.1) is 0 Å². The number of hydrogen-bond acceptors (Lipinski definition) is 0. The lowest BCUT2D eigenvalue weighted by molar-refractivity contribution is 0.381. The first-order chi connectivity index (χ1) is 22.0. The molecule has 0 saturated carbocycles. The van der Waals surface area contributed by atoms with E-state index in [9.17, 15) is 4.39 Å². The van der Waals surface area contributed by atoms with E-state index in [-0.39, 0.29) is 5.56 Å². The van der Waals surface area contributed by atoms with Crippen LogP contribution < -0.4 is 0 Å². The van der Waals surface area contributed by atoms with E-state index < -0.39 is 34.6 Å². The van der Waals surface area contributed by atoms with Gasteiger partial charge in [0.05, 0.1) is 5.56 Å². The molecule has 8 rings (SSSR count). The summed E-state index contributed by atoms with van der Waals surface area (Å²) in [5.41, 5.74) is 5.49. The predicted molar refractivity (Wildman–Crippen MR) is 170 cm³/mol. The van der Waals surface area contributed by atoms with Crippen molar-refractivity contribution in [3.05, 3.63) is 156 Å². The lowest BCUT2D eigenvalue weighted by Gasteiger charge is -2.26. The Bertz CT molecular complexity index is 2260. The van der Waals surface area contributed by atoms with Crippen molar-refractivity contribution in [3.8, 4) is 66.8 Å². The third-order valence-corrected chi connectivity index (χ3v) is 8.59. The van der Waals surface area contributed by atoms with Crippen LogP contribution in [0.5, 0.6) is 0 Å². The summed E-state index contributed by atoms with van der Waals surface area (Å²) in [4.78, 5) is 0. The Balaban J connectivity index is 1.73. The van der Waals surface area contributed by atoms with Crippen molar-refractivity contribution in [2.45, 2.75) is 0 Å². The van der Waals surface area contributed by atoms with Gasteiger partial charge in [-0.05, 0) is 66.4 Å². The summed E-state index contributed by atoms with van der Waals surface area (Å²) in [6, 6.07) is 39.5. The largest absolute Gasteiger partial charge is 0.203 e. The standard InChI is InChI=1S/C40H21F5/c41-36-35(37(42)39(44)40(45)38(36)43)34-31(25-16-8-3-9-17-25)29(23-12-4-1-5-13-23)30(24-14-6-2-7-15-24)32-26-20-10-18-22-19-11-21-27(28(22)26)33(32)34/h1-21H. The van der Waals surface area contributed by atoms with Crippen LogP contribution in [0, 0.1) is 29.1 Å². The normalized spacial score (nSPS) is 11.7. The molecule has 0 spiro atoms. The molecule has 0 nitrogen and oxygen atoms in total. The van der Waals surface area contributed by atoms with Gasteiger partial charge in [-0.1, -0.05) is 127 Å². The molecule has 216 valence electrons. The van der Waals surface area contributed by atoms with Gasteiger partial charge in [0, 0.05) is 5.56 Å². The van der Waals surface area contributed by atoms with Gasteiger partial charge in [0.1, 0.15) is 0 Å². The van der Waals surface area contributed by atoms with E-state index in [0.717, 1.165) is 33.0 Å². The molecule has 0 radical (unpaired) electrons. The molecule has 1 aliphatic rings. The van der Waals surface area contributed by atoms with E-state index in [1.807, 2.05) is 103 Å². The number of fused-ring (bicyclic) bond motifs is 3. The number of halogens is 5. The van der Waals surface area contributed by atoms with Crippen molar-refractivity contribution in [1.82, 2.24) is 0 Å². The van der Waals surface area contributed by atoms with Crippen LogP contribution in [-0.4, -0.2) is 0 Å². The zero-order valence-corrected chi connectivity index (χ0v) is 23.5. The molecule has 0 atom stereocenters. The summed E-state index contributed by atoms with van der Waals surface area (Å²) < 4.78 is 76.9. The van der Waals surface area contributed by atoms with Gasteiger partial charge in [-0.3, -0.25) is 0 Å². The topological polar surface area (TPSA) is 0 Å². The maximum Gasteiger partial charge on any atom is 0.200 e. The molecule has 5 heteroatoms. The fourth-order valence-electron chi connectivity index (χ4n) is 6.80. The second-order valence-electron chi connectivity index (χ2n) is 11.0. The average Bonchev–Trinajstić information content (AvgIpc) is 3.43. The monoisotopic (exact) mass is 596 g/mol. The smallest absolute Gasteiger partial charge is 0.200 e. The van der Waals surface area contributed by atoms with Gasteiger partial charge in [0.15, 0.2) is 23.3 Å². The molecule has 45 heavy (non-hydrogen) atoms. The highest BCUT2D eigenvalue weighted by Gasteiger charge is 2.37. The SMILES string of the molecule is Fc1c(F)c(F)c(-c2c(-c3ccccc3)c(-c3ccccc3)c(-c3ccccc3)c3c2-c2cccc4cccc-3c24)c(F)c1F. The summed E-state index contributed by atoms with van der Waals surface area (Å²) in [6.07, 6.45) is 0. The van der Waals surface area contributed by atoms with Gasteiger partial charge in [0.25, 0.3) is 0 Å². The molecule has 0 aliphatic heterocycles. The van der Waals surface area contributed by atoms with E-state index in [2.05, 4.69) is 0 Å². The van der Waals surface area contributed by atoms with Crippen molar-refractivity contribution in [2.24, 2.45) is 0 Å². The summed E-state index contributed by atoms with van der Waals surface area (Å²) in [6.45, 7) is 0. The average molecular weight is 597 g/mol. The molecule has 0 unspecified atom stereocenters. The van der Waals surface area contributed by atoms with Crippen LogP contribution in [0.15, 0.2) is 127 Å². The molecule has 0 fully saturated rings. The molecule has 0 heterocycles. The van der Waals surface area contributed by atoms with Crippen LogP contribution in [-0.2, 0) is 0 Å². The Hall–Kier alpha value is -5.55. The minimum Gasteiger partial charge on any atom is -0.203 e. The zero-order chi connectivity index (χ0) is 30.8. The summed E-state index contributed by atoms with van der Waals surface area (Å²) in [5, 5.41) is 1.74. The Morgan fingerprint density at radius 3 is 1.07 bits per heavy atom. The summed E-state index contributed by atoms with van der Waals surface area (Å²) in [5.74, 6) is -9.92. The van der Waals surface area contributed by atoms with Gasteiger partial charge < -0.3 is 0 Å². The maximum absolute atomic E-state index is 16.1. The van der Waals surface area contributed by atoms with E-state index in [1.54, 1.807) is 24.3 Å². The lowest BCUT2D eigenvalue weighted by atomic mass is 9.76. The van der Waals surface area contributed by atoms with Crippen molar-refractivity contribution in [2.75, 3.05) is 0 Å². The first kappa shape index (κ1) is 27.0. The van der Waals surface area contributed by atoms with Crippen molar-refractivity contribution in [3.63, 3.8) is 0 Å². The maximum atomic E-state index is 16.1. The van der Waals surface area contributed by atoms with Crippen molar-refractivity contribution < 1.29 is 22.0 Å². The molecule has 1 aliphatic carbocycles. The van der Waals surface area contributed by atoms with E-state index in [4.69, 9.17) is 0 Å². The number of benzene rings is 7. The molecular formula is C40H21F5. The first-order valence-corrected chi connectivity index (χ1v) is 14.4. The highest BCUT2D eigenvalue weighted by molar-refractivity contribution is 6.25. The van der Waals surface area contributed by atoms with Crippen LogP contribution in [0.25, 0.3) is 77.5 Å². The second-order valence-corrected chi connectivity index (χ2v) is 11.0. The predicted octanol–water partition coefficient (Wildman–Crippen LogP) is 11.9. The molecule has 0 amide bonds. The molecule has 0 saturated heterocycles. The Kier molecular flexibility index (Phi) is 6.17. The molecular weight excluding hydrogens is 575 g/mol. The van der Waals surface area contributed by atoms with Crippen LogP contribution in [0.3, 0.4) is 0 Å². The van der Waals surface area contributed by atoms with E-state index in [1.165, 1.54) is 0 Å². The van der Waals surface area contributed by atoms with Gasteiger partial charge in [-0.25, -0.2) is 22.0 Å². The molecule has 7 aromatic rings. The van der Waals surface area contributed by atoms with E-state index >= 15 is 17.6 Å². The fraction of sp³-hybridized carbons (Fsp3) is 0. The molecule has 7 aromatic carbocycles. The fourth-order valence-corrected chi connectivity index (χ4v) is 6.80. The van der Waals surface area contributed by atoms with Gasteiger partial charge in [0.2, 0.25) is 5.82 Å².